The number of anilines is 2. The van der Waals surface area contributed by atoms with Crippen molar-refractivity contribution in [1.29, 1.82) is 0 Å². The molecule has 3 aromatic rings. The molecule has 0 saturated heterocycles. The minimum Gasteiger partial charge on any atom is -0.461 e. The van der Waals surface area contributed by atoms with Gasteiger partial charge in [-0.2, -0.15) is 10.1 Å². The van der Waals surface area contributed by atoms with Crippen molar-refractivity contribution in [2.75, 3.05) is 5.32 Å². The molecule has 2 unspecified atom stereocenters. The second-order valence-corrected chi connectivity index (χ2v) is 8.84. The summed E-state index contributed by atoms with van der Waals surface area (Å²) in [5.41, 5.74) is 1.63. The van der Waals surface area contributed by atoms with Crippen molar-refractivity contribution in [3.63, 3.8) is 0 Å². The van der Waals surface area contributed by atoms with E-state index in [0.29, 0.717) is 17.8 Å². The van der Waals surface area contributed by atoms with Gasteiger partial charge in [-0.1, -0.05) is 41.0 Å². The highest BCUT2D eigenvalue weighted by Gasteiger charge is 2.16. The molecule has 0 aromatic carbocycles. The van der Waals surface area contributed by atoms with Gasteiger partial charge in [-0.15, -0.1) is 0 Å². The fourth-order valence-corrected chi connectivity index (χ4v) is 3.40. The molecule has 0 amide bonds. The number of rotatable bonds is 10. The van der Waals surface area contributed by atoms with Gasteiger partial charge in [0.05, 0.1) is 11.9 Å². The molecule has 0 spiro atoms. The van der Waals surface area contributed by atoms with E-state index in [-0.39, 0.29) is 24.5 Å². The van der Waals surface area contributed by atoms with Crippen LogP contribution in [0.15, 0.2) is 30.9 Å². The number of nitrogens with one attached hydrogen (secondary N) is 1. The normalized spacial score (nSPS) is 13.7. The van der Waals surface area contributed by atoms with Gasteiger partial charge in [0.1, 0.15) is 18.3 Å². The Morgan fingerprint density at radius 1 is 1.16 bits per heavy atom. The van der Waals surface area contributed by atoms with Crippen molar-refractivity contribution in [2.24, 2.45) is 17.8 Å². The average Bonchev–Trinajstić information content (AvgIpc) is 3.32. The van der Waals surface area contributed by atoms with Crippen LogP contribution < -0.4 is 5.32 Å². The van der Waals surface area contributed by atoms with Crippen molar-refractivity contribution in [3.8, 4) is 0 Å². The lowest BCUT2D eigenvalue weighted by molar-refractivity contribution is -0.151. The number of carbonyl (C=O) groups is 1. The highest BCUT2D eigenvalue weighted by atomic mass is 16.5. The quantitative estimate of drug-likeness (QED) is 0.475. The Balaban J connectivity index is 1.68. The van der Waals surface area contributed by atoms with Gasteiger partial charge in [0.2, 0.25) is 5.95 Å². The minimum atomic E-state index is -0.304. The van der Waals surface area contributed by atoms with Crippen LogP contribution in [0, 0.1) is 17.8 Å². The number of aromatic nitrogens is 5. The third-order valence-electron chi connectivity index (χ3n) is 5.84. The predicted molar refractivity (Wildman–Crippen MR) is 122 cm³/mol. The Morgan fingerprint density at radius 2 is 1.94 bits per heavy atom. The Labute approximate surface area is 184 Å². The van der Waals surface area contributed by atoms with Gasteiger partial charge < -0.3 is 14.6 Å². The molecule has 0 aliphatic rings. The van der Waals surface area contributed by atoms with E-state index >= 15 is 0 Å². The zero-order valence-electron chi connectivity index (χ0n) is 19.4. The Hall–Kier alpha value is -2.90. The summed E-state index contributed by atoms with van der Waals surface area (Å²) in [5, 5.41) is 8.44. The molecule has 0 radical (unpaired) electrons. The molecule has 8 heteroatoms. The number of ether oxygens (including phenoxy) is 1. The van der Waals surface area contributed by atoms with Crippen molar-refractivity contribution in [3.05, 3.63) is 30.9 Å². The van der Waals surface area contributed by atoms with E-state index in [1.54, 1.807) is 17.1 Å². The van der Waals surface area contributed by atoms with Crippen LogP contribution in [0.4, 0.5) is 11.6 Å². The number of hydrogen-bond donors (Lipinski definition) is 1. The fourth-order valence-electron chi connectivity index (χ4n) is 3.40. The third kappa shape index (κ3) is 5.83. The van der Waals surface area contributed by atoms with E-state index in [1.165, 1.54) is 0 Å². The van der Waals surface area contributed by atoms with Gasteiger partial charge >= 0.3 is 5.97 Å². The van der Waals surface area contributed by atoms with Gasteiger partial charge in [0, 0.05) is 30.5 Å². The standard InChI is InChI=1S/C23H34N6O2/c1-7-18(16(4)5)12-28-9-8-19-10-24-23(27-22(19)28)26-20-11-25-29(13-20)14-21(30)31-17(6)15(2)3/h8-11,13,15-18H,7,12,14H2,1-6H3,(H,24,26,27). The van der Waals surface area contributed by atoms with E-state index < -0.39 is 0 Å². The summed E-state index contributed by atoms with van der Waals surface area (Å²) >= 11 is 0. The summed E-state index contributed by atoms with van der Waals surface area (Å²) in [7, 11) is 0. The maximum Gasteiger partial charge on any atom is 0.328 e. The van der Waals surface area contributed by atoms with Crippen LogP contribution in [0.5, 0.6) is 0 Å². The fraction of sp³-hybridized carbons (Fsp3) is 0.565. The molecule has 0 fully saturated rings. The molecule has 3 heterocycles. The summed E-state index contributed by atoms with van der Waals surface area (Å²) in [6.07, 6.45) is 8.31. The summed E-state index contributed by atoms with van der Waals surface area (Å²) in [4.78, 5) is 21.2. The molecule has 31 heavy (non-hydrogen) atoms. The van der Waals surface area contributed by atoms with E-state index in [0.717, 1.165) is 29.7 Å². The monoisotopic (exact) mass is 426 g/mol. The molecule has 0 aliphatic heterocycles. The topological polar surface area (TPSA) is 86.9 Å². The lowest BCUT2D eigenvalue weighted by Crippen LogP contribution is -2.23. The molecule has 0 bridgehead atoms. The van der Waals surface area contributed by atoms with E-state index in [9.17, 15) is 4.79 Å². The summed E-state index contributed by atoms with van der Waals surface area (Å²) in [6.45, 7) is 13.7. The lowest BCUT2D eigenvalue weighted by atomic mass is 9.93. The number of hydrogen-bond acceptors (Lipinski definition) is 6. The zero-order chi connectivity index (χ0) is 22.5. The van der Waals surface area contributed by atoms with Crippen LogP contribution in [-0.4, -0.2) is 36.4 Å². The Kier molecular flexibility index (Phi) is 7.30. The molecule has 0 saturated carbocycles. The van der Waals surface area contributed by atoms with E-state index in [1.807, 2.05) is 33.0 Å². The predicted octanol–water partition coefficient (Wildman–Crippen LogP) is 4.64. The van der Waals surface area contributed by atoms with Crippen molar-refractivity contribution in [1.82, 2.24) is 24.3 Å². The molecule has 2 atom stereocenters. The molecule has 3 aromatic heterocycles. The van der Waals surface area contributed by atoms with Crippen LogP contribution in [0.25, 0.3) is 11.0 Å². The largest absolute Gasteiger partial charge is 0.461 e. The average molecular weight is 427 g/mol. The smallest absolute Gasteiger partial charge is 0.328 e. The maximum absolute atomic E-state index is 12.1. The maximum atomic E-state index is 12.1. The first kappa shape index (κ1) is 22.8. The van der Waals surface area contributed by atoms with Gasteiger partial charge in [-0.05, 0) is 30.7 Å². The van der Waals surface area contributed by atoms with Gasteiger partial charge in [-0.25, -0.2) is 4.98 Å². The zero-order valence-corrected chi connectivity index (χ0v) is 19.4. The first-order valence-corrected chi connectivity index (χ1v) is 11.1. The molecule has 168 valence electrons. The van der Waals surface area contributed by atoms with Crippen LogP contribution in [0.3, 0.4) is 0 Å². The van der Waals surface area contributed by atoms with Crippen molar-refractivity contribution in [2.45, 2.75) is 67.2 Å². The first-order valence-electron chi connectivity index (χ1n) is 11.1. The summed E-state index contributed by atoms with van der Waals surface area (Å²) < 4.78 is 9.15. The molecular weight excluding hydrogens is 392 g/mol. The lowest BCUT2D eigenvalue weighted by Gasteiger charge is -2.20. The van der Waals surface area contributed by atoms with E-state index in [2.05, 4.69) is 46.9 Å². The summed E-state index contributed by atoms with van der Waals surface area (Å²) in [5.74, 6) is 1.68. The molecule has 3 rings (SSSR count). The number of nitrogens with zero attached hydrogens (tertiary/aromatic N) is 5. The van der Waals surface area contributed by atoms with Crippen LogP contribution in [0.1, 0.15) is 48.0 Å². The van der Waals surface area contributed by atoms with Crippen LogP contribution >= 0.6 is 0 Å². The molecule has 1 N–H and O–H groups in total. The number of fused-ring (bicyclic) bond motifs is 1. The molecule has 8 nitrogen and oxygen atoms in total. The minimum absolute atomic E-state index is 0.0646. The molecule has 0 aliphatic carbocycles. The Bertz CT molecular complexity index is 1010. The highest BCUT2D eigenvalue weighted by molar-refractivity contribution is 5.76. The number of carbonyl (C=O) groups excluding carboxylic acids is 1. The first-order chi connectivity index (χ1) is 14.8. The second kappa shape index (κ2) is 9.94. The third-order valence-corrected chi connectivity index (χ3v) is 5.84. The Morgan fingerprint density at radius 3 is 2.61 bits per heavy atom. The van der Waals surface area contributed by atoms with Gasteiger partial charge in [-0.3, -0.25) is 9.48 Å². The van der Waals surface area contributed by atoms with Crippen LogP contribution in [0.2, 0.25) is 0 Å². The highest BCUT2D eigenvalue weighted by Crippen LogP contribution is 2.22. The van der Waals surface area contributed by atoms with Gasteiger partial charge in [0.15, 0.2) is 0 Å². The second-order valence-electron chi connectivity index (χ2n) is 8.84. The summed E-state index contributed by atoms with van der Waals surface area (Å²) in [6, 6.07) is 2.05. The molecular formula is C23H34N6O2. The van der Waals surface area contributed by atoms with Crippen molar-refractivity contribution < 1.29 is 9.53 Å². The van der Waals surface area contributed by atoms with E-state index in [4.69, 9.17) is 9.72 Å². The SMILES string of the molecule is CCC(Cn1ccc2cnc(Nc3cnn(CC(=O)OC(C)C(C)C)c3)nc21)C(C)C. The van der Waals surface area contributed by atoms with Crippen LogP contribution in [-0.2, 0) is 22.6 Å². The number of esters is 1. The van der Waals surface area contributed by atoms with Gasteiger partial charge in [0.25, 0.3) is 0 Å². The van der Waals surface area contributed by atoms with Crippen molar-refractivity contribution >= 4 is 28.6 Å².